The van der Waals surface area contributed by atoms with Gasteiger partial charge in [-0.2, -0.15) is 0 Å². The van der Waals surface area contributed by atoms with E-state index in [1.807, 2.05) is 31.2 Å². The minimum absolute atomic E-state index is 0.667. The summed E-state index contributed by atoms with van der Waals surface area (Å²) in [6, 6.07) is 9.18. The average molecular weight is 234 g/mol. The Labute approximate surface area is 99.5 Å². The second kappa shape index (κ2) is 4.64. The Morgan fingerprint density at radius 3 is 2.75 bits per heavy atom. The number of aliphatic hydroxyl groups is 1. The fourth-order valence-electron chi connectivity index (χ4n) is 1.64. The van der Waals surface area contributed by atoms with Gasteiger partial charge in [0.25, 0.3) is 0 Å². The molecule has 0 bridgehead atoms. The largest absolute Gasteiger partial charge is 0.384 e. The van der Waals surface area contributed by atoms with Gasteiger partial charge in [-0.1, -0.05) is 29.8 Å². The van der Waals surface area contributed by atoms with Gasteiger partial charge in [0.2, 0.25) is 0 Å². The molecule has 1 N–H and O–H groups in total. The van der Waals surface area contributed by atoms with Gasteiger partial charge < -0.3 is 5.11 Å². The highest BCUT2D eigenvalue weighted by molar-refractivity contribution is 6.31. The van der Waals surface area contributed by atoms with Gasteiger partial charge in [-0.25, -0.2) is 0 Å². The van der Waals surface area contributed by atoms with Crippen LogP contribution in [0.5, 0.6) is 0 Å². The molecule has 0 aliphatic carbocycles. The van der Waals surface area contributed by atoms with E-state index in [1.54, 1.807) is 18.5 Å². The van der Waals surface area contributed by atoms with Crippen molar-refractivity contribution in [3.63, 3.8) is 0 Å². The number of halogens is 1. The maximum absolute atomic E-state index is 10.2. The summed E-state index contributed by atoms with van der Waals surface area (Å²) in [7, 11) is 0. The van der Waals surface area contributed by atoms with Crippen LogP contribution in [0.4, 0.5) is 0 Å². The molecule has 0 aliphatic heterocycles. The molecule has 1 heterocycles. The molecule has 0 saturated carbocycles. The van der Waals surface area contributed by atoms with E-state index in [2.05, 4.69) is 4.98 Å². The number of aromatic nitrogens is 1. The van der Waals surface area contributed by atoms with E-state index in [0.717, 1.165) is 16.7 Å². The first-order valence-electron chi connectivity index (χ1n) is 5.03. The number of hydrogen-bond acceptors (Lipinski definition) is 2. The van der Waals surface area contributed by atoms with Crippen molar-refractivity contribution < 1.29 is 5.11 Å². The highest BCUT2D eigenvalue weighted by atomic mass is 35.5. The van der Waals surface area contributed by atoms with E-state index in [-0.39, 0.29) is 0 Å². The van der Waals surface area contributed by atoms with E-state index in [1.165, 1.54) is 0 Å². The second-order valence-electron chi connectivity index (χ2n) is 3.64. The van der Waals surface area contributed by atoms with Crippen molar-refractivity contribution in [2.24, 2.45) is 0 Å². The lowest BCUT2D eigenvalue weighted by atomic mass is 9.99. The van der Waals surface area contributed by atoms with Gasteiger partial charge in [-0.15, -0.1) is 0 Å². The topological polar surface area (TPSA) is 33.1 Å². The van der Waals surface area contributed by atoms with E-state index in [4.69, 9.17) is 11.6 Å². The van der Waals surface area contributed by atoms with Crippen molar-refractivity contribution in [2.75, 3.05) is 0 Å². The maximum atomic E-state index is 10.2. The average Bonchev–Trinajstić information content (AvgIpc) is 2.33. The van der Waals surface area contributed by atoms with Crippen LogP contribution in [0.15, 0.2) is 42.7 Å². The van der Waals surface area contributed by atoms with Crippen molar-refractivity contribution in [2.45, 2.75) is 13.0 Å². The van der Waals surface area contributed by atoms with Crippen LogP contribution in [0.1, 0.15) is 22.8 Å². The Kier molecular flexibility index (Phi) is 3.22. The third-order valence-corrected chi connectivity index (χ3v) is 3.01. The van der Waals surface area contributed by atoms with Crippen LogP contribution in [0.25, 0.3) is 0 Å². The predicted octanol–water partition coefficient (Wildman–Crippen LogP) is 3.13. The van der Waals surface area contributed by atoms with Crippen LogP contribution in [-0.4, -0.2) is 10.1 Å². The summed E-state index contributed by atoms with van der Waals surface area (Å²) in [5.74, 6) is 0. The molecule has 0 radical (unpaired) electrons. The molecule has 1 unspecified atom stereocenters. The molecule has 0 fully saturated rings. The van der Waals surface area contributed by atoms with Gasteiger partial charge in [0.05, 0.1) is 0 Å². The summed E-state index contributed by atoms with van der Waals surface area (Å²) >= 11 is 6.02. The first kappa shape index (κ1) is 11.1. The van der Waals surface area contributed by atoms with E-state index >= 15 is 0 Å². The summed E-state index contributed by atoms with van der Waals surface area (Å²) in [6.45, 7) is 1.90. The van der Waals surface area contributed by atoms with Crippen LogP contribution in [0, 0.1) is 6.92 Å². The first-order valence-corrected chi connectivity index (χ1v) is 5.41. The van der Waals surface area contributed by atoms with Crippen LogP contribution in [0.3, 0.4) is 0 Å². The van der Waals surface area contributed by atoms with Crippen LogP contribution in [0.2, 0.25) is 5.02 Å². The summed E-state index contributed by atoms with van der Waals surface area (Å²) in [4.78, 5) is 3.99. The number of nitrogens with zero attached hydrogens (tertiary/aromatic N) is 1. The van der Waals surface area contributed by atoms with Crippen LogP contribution < -0.4 is 0 Å². The standard InChI is InChI=1S/C13H12ClNO/c1-9-11(5-2-6-12(9)14)13(16)10-4-3-7-15-8-10/h2-8,13,16H,1H3. The Morgan fingerprint density at radius 2 is 2.06 bits per heavy atom. The van der Waals surface area contributed by atoms with Gasteiger partial charge in [0.1, 0.15) is 6.10 Å². The number of benzene rings is 1. The van der Waals surface area contributed by atoms with Crippen molar-refractivity contribution in [1.82, 2.24) is 4.98 Å². The SMILES string of the molecule is Cc1c(Cl)cccc1C(O)c1cccnc1. The molecule has 1 aromatic carbocycles. The molecule has 3 heteroatoms. The summed E-state index contributed by atoms with van der Waals surface area (Å²) in [6.07, 6.45) is 2.67. The zero-order valence-corrected chi connectivity index (χ0v) is 9.65. The van der Waals surface area contributed by atoms with Crippen molar-refractivity contribution in [3.05, 3.63) is 64.4 Å². The number of hydrogen-bond donors (Lipinski definition) is 1. The fraction of sp³-hybridized carbons (Fsp3) is 0.154. The zero-order valence-electron chi connectivity index (χ0n) is 8.89. The van der Waals surface area contributed by atoms with Crippen LogP contribution >= 0.6 is 11.6 Å². The number of rotatable bonds is 2. The molecule has 16 heavy (non-hydrogen) atoms. The molecule has 0 amide bonds. The molecular formula is C13H12ClNO. The highest BCUT2D eigenvalue weighted by Crippen LogP contribution is 2.27. The quantitative estimate of drug-likeness (QED) is 0.865. The highest BCUT2D eigenvalue weighted by Gasteiger charge is 2.13. The summed E-state index contributed by atoms with van der Waals surface area (Å²) in [5, 5.41) is 10.9. The Morgan fingerprint density at radius 1 is 1.25 bits per heavy atom. The molecule has 1 aromatic heterocycles. The molecule has 82 valence electrons. The molecule has 2 nitrogen and oxygen atoms in total. The van der Waals surface area contributed by atoms with Gasteiger partial charge in [0.15, 0.2) is 0 Å². The zero-order chi connectivity index (χ0) is 11.5. The van der Waals surface area contributed by atoms with Gasteiger partial charge >= 0.3 is 0 Å². The fourth-order valence-corrected chi connectivity index (χ4v) is 1.82. The lowest BCUT2D eigenvalue weighted by Gasteiger charge is -2.14. The molecular weight excluding hydrogens is 222 g/mol. The number of aliphatic hydroxyl groups excluding tert-OH is 1. The lowest BCUT2D eigenvalue weighted by Crippen LogP contribution is -2.02. The molecule has 0 aliphatic rings. The minimum atomic E-state index is -0.674. The Balaban J connectivity index is 2.42. The third-order valence-electron chi connectivity index (χ3n) is 2.60. The third kappa shape index (κ3) is 2.08. The van der Waals surface area contributed by atoms with E-state index in [9.17, 15) is 5.11 Å². The van der Waals surface area contributed by atoms with E-state index < -0.39 is 6.10 Å². The molecule has 2 aromatic rings. The Hall–Kier alpha value is -1.38. The first-order chi connectivity index (χ1) is 7.70. The van der Waals surface area contributed by atoms with E-state index in [0.29, 0.717) is 5.02 Å². The van der Waals surface area contributed by atoms with Crippen molar-refractivity contribution >= 4 is 11.6 Å². The minimum Gasteiger partial charge on any atom is -0.384 e. The monoisotopic (exact) mass is 233 g/mol. The molecule has 1 atom stereocenters. The van der Waals surface area contributed by atoms with Gasteiger partial charge in [-0.05, 0) is 30.2 Å². The Bertz CT molecular complexity index is 485. The second-order valence-corrected chi connectivity index (χ2v) is 4.05. The number of pyridine rings is 1. The predicted molar refractivity (Wildman–Crippen MR) is 64.5 cm³/mol. The molecule has 0 saturated heterocycles. The normalized spacial score (nSPS) is 12.4. The van der Waals surface area contributed by atoms with Gasteiger partial charge in [0, 0.05) is 23.0 Å². The summed E-state index contributed by atoms with van der Waals surface area (Å²) < 4.78 is 0. The van der Waals surface area contributed by atoms with Crippen LogP contribution in [-0.2, 0) is 0 Å². The van der Waals surface area contributed by atoms with Gasteiger partial charge in [-0.3, -0.25) is 4.98 Å². The lowest BCUT2D eigenvalue weighted by molar-refractivity contribution is 0.219. The molecule has 0 spiro atoms. The maximum Gasteiger partial charge on any atom is 0.106 e. The van der Waals surface area contributed by atoms with Crippen molar-refractivity contribution in [3.8, 4) is 0 Å². The smallest absolute Gasteiger partial charge is 0.106 e. The summed E-state index contributed by atoms with van der Waals surface area (Å²) in [5.41, 5.74) is 2.49. The molecule has 2 rings (SSSR count). The van der Waals surface area contributed by atoms with Crippen molar-refractivity contribution in [1.29, 1.82) is 0 Å².